The number of methoxy groups -OCH3 is 1. The topological polar surface area (TPSA) is 85.2 Å². The van der Waals surface area contributed by atoms with Crippen molar-refractivity contribution in [1.29, 1.82) is 0 Å². The molecule has 0 aromatic rings. The van der Waals surface area contributed by atoms with Crippen LogP contribution in [0, 0.1) is 0 Å². The second-order valence-corrected chi connectivity index (χ2v) is 4.90. The molecule has 1 unspecified atom stereocenters. The van der Waals surface area contributed by atoms with E-state index in [4.69, 9.17) is 27.3 Å². The fraction of sp³-hybridized carbons (Fsp3) is 1.00. The number of ether oxygens (including phenoxy) is 2. The maximum absolute atomic E-state index is 10.8. The van der Waals surface area contributed by atoms with Crippen LogP contribution >= 0.6 is 7.60 Å². The SMILES string of the molecule is [B][C@@H](CO)O[C@H](COC)COP(C)(=O)O. The third kappa shape index (κ3) is 9.05. The van der Waals surface area contributed by atoms with Crippen LogP contribution < -0.4 is 0 Å². The Kier molecular flexibility index (Phi) is 7.43. The van der Waals surface area contributed by atoms with Crippen LogP contribution in [0.5, 0.6) is 0 Å². The van der Waals surface area contributed by atoms with Crippen molar-refractivity contribution < 1.29 is 28.6 Å². The van der Waals surface area contributed by atoms with Crippen LogP contribution in [0.15, 0.2) is 0 Å². The Hall–Kier alpha value is 0.0949. The second kappa shape index (κ2) is 7.38. The molecule has 0 aliphatic heterocycles. The maximum Gasteiger partial charge on any atom is 0.325 e. The zero-order valence-electron chi connectivity index (χ0n) is 8.83. The number of rotatable bonds is 8. The molecule has 0 spiro atoms. The molecule has 0 aliphatic rings. The van der Waals surface area contributed by atoms with E-state index in [2.05, 4.69) is 4.52 Å². The van der Waals surface area contributed by atoms with Crippen LogP contribution in [0.4, 0.5) is 0 Å². The van der Waals surface area contributed by atoms with Crippen LogP contribution in [0.3, 0.4) is 0 Å². The molecule has 88 valence electrons. The van der Waals surface area contributed by atoms with Gasteiger partial charge in [0, 0.05) is 19.8 Å². The molecule has 0 fully saturated rings. The summed E-state index contributed by atoms with van der Waals surface area (Å²) in [6, 6.07) is -0.858. The Balaban J connectivity index is 3.98. The van der Waals surface area contributed by atoms with E-state index >= 15 is 0 Å². The summed E-state index contributed by atoms with van der Waals surface area (Å²) in [5.41, 5.74) is 0. The van der Waals surface area contributed by atoms with Crippen molar-refractivity contribution in [3.8, 4) is 0 Å². The van der Waals surface area contributed by atoms with Gasteiger partial charge < -0.3 is 24.0 Å². The van der Waals surface area contributed by atoms with Crippen LogP contribution in [0.2, 0.25) is 0 Å². The standard InChI is InChI=1S/C7H16BO6P/c1-12-4-6(14-7(8)3-9)5-13-15(2,10)11/h6-7,9H,3-5H2,1-2H3,(H,10,11)/t6-,7-/m1/s1. The van der Waals surface area contributed by atoms with Crippen molar-refractivity contribution in [2.45, 2.75) is 12.1 Å². The minimum atomic E-state index is -3.53. The fourth-order valence-electron chi connectivity index (χ4n) is 0.824. The van der Waals surface area contributed by atoms with Crippen LogP contribution in [0.1, 0.15) is 0 Å². The summed E-state index contributed by atoms with van der Waals surface area (Å²) in [5.74, 6) is 0. The van der Waals surface area contributed by atoms with Crippen LogP contribution in [-0.2, 0) is 18.6 Å². The lowest BCUT2D eigenvalue weighted by Crippen LogP contribution is -2.32. The van der Waals surface area contributed by atoms with Gasteiger partial charge in [-0.25, -0.2) is 0 Å². The number of hydrogen-bond donors (Lipinski definition) is 2. The first kappa shape index (κ1) is 15.1. The summed E-state index contributed by atoms with van der Waals surface area (Å²) in [5, 5.41) is 8.64. The van der Waals surface area contributed by atoms with E-state index in [1.54, 1.807) is 0 Å². The lowest BCUT2D eigenvalue weighted by atomic mass is 10.0. The van der Waals surface area contributed by atoms with Crippen molar-refractivity contribution in [3.63, 3.8) is 0 Å². The molecular weight excluding hydrogens is 222 g/mol. The summed E-state index contributed by atoms with van der Waals surface area (Å²) in [7, 11) is 3.24. The highest BCUT2D eigenvalue weighted by atomic mass is 31.2. The summed E-state index contributed by atoms with van der Waals surface area (Å²) < 4.78 is 25.4. The zero-order valence-corrected chi connectivity index (χ0v) is 9.72. The highest BCUT2D eigenvalue weighted by Gasteiger charge is 2.18. The molecule has 0 heterocycles. The Bertz CT molecular complexity index is 208. The molecule has 0 aliphatic carbocycles. The van der Waals surface area contributed by atoms with E-state index in [0.717, 1.165) is 6.66 Å². The normalized spacial score (nSPS) is 19.5. The van der Waals surface area contributed by atoms with E-state index < -0.39 is 19.7 Å². The predicted octanol–water partition coefficient (Wildman–Crippen LogP) is -0.663. The minimum absolute atomic E-state index is 0.119. The van der Waals surface area contributed by atoms with Crippen molar-refractivity contribution >= 4 is 15.4 Å². The third-order valence-corrected chi connectivity index (χ3v) is 2.03. The molecule has 0 aromatic carbocycles. The van der Waals surface area contributed by atoms with Crippen LogP contribution in [-0.4, -0.2) is 63.5 Å². The van der Waals surface area contributed by atoms with Gasteiger partial charge in [0.05, 0.1) is 19.8 Å². The van der Waals surface area contributed by atoms with Crippen molar-refractivity contribution in [1.82, 2.24) is 0 Å². The van der Waals surface area contributed by atoms with Gasteiger partial charge in [0.25, 0.3) is 0 Å². The maximum atomic E-state index is 10.8. The lowest BCUT2D eigenvalue weighted by molar-refractivity contribution is -0.0536. The smallest absolute Gasteiger partial charge is 0.325 e. The zero-order chi connectivity index (χ0) is 11.9. The molecule has 0 saturated heterocycles. The molecule has 0 saturated carbocycles. The first-order valence-corrected chi connectivity index (χ1v) is 6.37. The van der Waals surface area contributed by atoms with Crippen molar-refractivity contribution in [2.75, 3.05) is 33.6 Å². The van der Waals surface area contributed by atoms with Gasteiger partial charge >= 0.3 is 7.60 Å². The summed E-state index contributed by atoms with van der Waals surface area (Å²) >= 11 is 0. The first-order chi connectivity index (χ1) is 6.89. The molecule has 2 N–H and O–H groups in total. The second-order valence-electron chi connectivity index (χ2n) is 3.03. The lowest BCUT2D eigenvalue weighted by Gasteiger charge is -2.21. The van der Waals surface area contributed by atoms with E-state index in [-0.39, 0.29) is 19.8 Å². The molecule has 0 rings (SSSR count). The van der Waals surface area contributed by atoms with Gasteiger partial charge in [0.15, 0.2) is 0 Å². The highest BCUT2D eigenvalue weighted by Crippen LogP contribution is 2.36. The average Bonchev–Trinajstić information content (AvgIpc) is 2.13. The predicted molar refractivity (Wildman–Crippen MR) is 55.1 cm³/mol. The number of hydrogen-bond acceptors (Lipinski definition) is 5. The van der Waals surface area contributed by atoms with Crippen LogP contribution in [0.25, 0.3) is 0 Å². The van der Waals surface area contributed by atoms with Gasteiger partial charge in [-0.15, -0.1) is 0 Å². The summed E-state index contributed by atoms with van der Waals surface area (Å²) in [6.07, 6.45) is -0.586. The molecule has 0 amide bonds. The Morgan fingerprint density at radius 3 is 2.47 bits per heavy atom. The Morgan fingerprint density at radius 2 is 2.07 bits per heavy atom. The monoisotopic (exact) mass is 238 g/mol. The van der Waals surface area contributed by atoms with Gasteiger partial charge in [0.1, 0.15) is 14.0 Å². The number of aliphatic hydroxyl groups is 1. The first-order valence-electron chi connectivity index (χ1n) is 4.34. The molecule has 8 heteroatoms. The molecule has 3 atom stereocenters. The molecule has 15 heavy (non-hydrogen) atoms. The minimum Gasteiger partial charge on any atom is -0.395 e. The fourth-order valence-corrected chi connectivity index (χ4v) is 1.27. The summed E-state index contributed by atoms with van der Waals surface area (Å²) in [6.45, 7) is 0.769. The van der Waals surface area contributed by atoms with E-state index in [9.17, 15) is 4.57 Å². The Morgan fingerprint density at radius 1 is 1.47 bits per heavy atom. The van der Waals surface area contributed by atoms with Gasteiger partial charge in [0.2, 0.25) is 0 Å². The quantitative estimate of drug-likeness (QED) is 0.431. The van der Waals surface area contributed by atoms with Gasteiger partial charge in [-0.1, -0.05) is 0 Å². The Labute approximate surface area is 90.5 Å². The van der Waals surface area contributed by atoms with Gasteiger partial charge in [-0.3, -0.25) is 4.57 Å². The summed E-state index contributed by atoms with van der Waals surface area (Å²) in [4.78, 5) is 8.88. The molecule has 0 aromatic heterocycles. The largest absolute Gasteiger partial charge is 0.395 e. The van der Waals surface area contributed by atoms with Gasteiger partial charge in [-0.05, 0) is 0 Å². The molecule has 6 nitrogen and oxygen atoms in total. The van der Waals surface area contributed by atoms with E-state index in [1.807, 2.05) is 0 Å². The molecule has 0 bridgehead atoms. The van der Waals surface area contributed by atoms with Gasteiger partial charge in [-0.2, -0.15) is 0 Å². The van der Waals surface area contributed by atoms with Crippen molar-refractivity contribution in [3.05, 3.63) is 0 Å². The highest BCUT2D eigenvalue weighted by molar-refractivity contribution is 7.51. The van der Waals surface area contributed by atoms with Crippen molar-refractivity contribution in [2.24, 2.45) is 0 Å². The third-order valence-electron chi connectivity index (χ3n) is 1.40. The molecular formula is C7H16BO6P. The molecule has 2 radical (unpaired) electrons. The van der Waals surface area contributed by atoms with E-state index in [0.29, 0.717) is 0 Å². The number of aliphatic hydroxyl groups excluding tert-OH is 1. The van der Waals surface area contributed by atoms with E-state index in [1.165, 1.54) is 7.11 Å². The average molecular weight is 238 g/mol.